The molecule has 0 spiro atoms. The van der Waals surface area contributed by atoms with Gasteiger partial charge in [-0.25, -0.2) is 4.79 Å². The number of rotatable bonds is 3. The fourth-order valence-corrected chi connectivity index (χ4v) is 2.44. The summed E-state index contributed by atoms with van der Waals surface area (Å²) in [5, 5.41) is 0. The van der Waals surface area contributed by atoms with Gasteiger partial charge in [0.05, 0.1) is 33.4 Å². The predicted octanol–water partition coefficient (Wildman–Crippen LogP) is 1.52. The quantitative estimate of drug-likeness (QED) is 0.591. The average molecular weight is 374 g/mol. The maximum atomic E-state index is 12.8. The number of likely N-dealkylation sites (N-methyl/N-ethyl adjacent to an activating group) is 1. The van der Waals surface area contributed by atoms with Gasteiger partial charge >= 0.3 is 13.1 Å². The average Bonchev–Trinajstić information content (AvgIpc) is 2.90. The summed E-state index contributed by atoms with van der Waals surface area (Å²) in [6.45, 7) is -11.3. The molecule has 0 atom stereocenters. The van der Waals surface area contributed by atoms with Gasteiger partial charge in [-0.3, -0.25) is 0 Å². The fourth-order valence-electron chi connectivity index (χ4n) is 2.44. The summed E-state index contributed by atoms with van der Waals surface area (Å²) in [7, 11) is -4.46. The van der Waals surface area contributed by atoms with Crippen LogP contribution in [-0.4, -0.2) is 69.2 Å². The summed E-state index contributed by atoms with van der Waals surface area (Å²) in [4.78, 5) is 12.3. The maximum Gasteiger partial charge on any atom is 0.494 e. The first-order valence-corrected chi connectivity index (χ1v) is 7.85. The summed E-state index contributed by atoms with van der Waals surface area (Å²) in [6.07, 6.45) is 0. The Morgan fingerprint density at radius 1 is 1.15 bits per heavy atom. The second-order valence-electron chi connectivity index (χ2n) is 6.91. The Morgan fingerprint density at radius 3 is 2.38 bits per heavy atom. The fraction of sp³-hybridized carbons (Fsp3) is 0.632. The monoisotopic (exact) mass is 374 g/mol. The van der Waals surface area contributed by atoms with E-state index in [1.807, 2.05) is 0 Å². The molecule has 0 bridgehead atoms. The van der Waals surface area contributed by atoms with Crippen molar-refractivity contribution < 1.29 is 38.0 Å². The van der Waals surface area contributed by atoms with Crippen LogP contribution >= 0.6 is 0 Å². The van der Waals surface area contributed by atoms with Crippen molar-refractivity contribution in [2.75, 3.05) is 44.9 Å². The molecule has 0 unspecified atom stereocenters. The van der Waals surface area contributed by atoms with Gasteiger partial charge in [-0.05, 0) is 58.3 Å². The van der Waals surface area contributed by atoms with Crippen LogP contribution in [0.2, 0.25) is 0 Å². The molecule has 2 aliphatic rings. The molecule has 142 valence electrons. The number of hydrogen-bond donors (Lipinski definition) is 0. The highest BCUT2D eigenvalue weighted by Gasteiger charge is 2.51. The molecule has 0 amide bonds. The summed E-state index contributed by atoms with van der Waals surface area (Å²) in [5.74, 6) is -1.44. The van der Waals surface area contributed by atoms with E-state index in [4.69, 9.17) is 28.5 Å². The number of ether oxygens (including phenoxy) is 1. The zero-order valence-corrected chi connectivity index (χ0v) is 14.8. The minimum atomic E-state index is -3.67. The predicted molar refractivity (Wildman–Crippen MR) is 103 cm³/mol. The molecule has 2 saturated heterocycles. The number of benzene rings is 1. The largest absolute Gasteiger partial charge is 0.494 e. The van der Waals surface area contributed by atoms with Crippen LogP contribution in [0.15, 0.2) is 18.2 Å². The Morgan fingerprint density at radius 2 is 1.81 bits per heavy atom. The number of piperazine rings is 1. The van der Waals surface area contributed by atoms with E-state index in [9.17, 15) is 4.79 Å². The molecule has 7 heteroatoms. The number of hydrogen-bond acceptors (Lipinski definition) is 6. The van der Waals surface area contributed by atoms with Crippen LogP contribution in [0.3, 0.4) is 0 Å². The second kappa shape index (κ2) is 6.87. The molecular formula is C19H29BN2O4. The molecule has 0 aliphatic carbocycles. The highest BCUT2D eigenvalue weighted by Crippen LogP contribution is 2.36. The van der Waals surface area contributed by atoms with Gasteiger partial charge in [0, 0.05) is 41.3 Å². The van der Waals surface area contributed by atoms with E-state index in [0.717, 1.165) is 18.2 Å². The van der Waals surface area contributed by atoms with Crippen molar-refractivity contribution in [1.82, 2.24) is 4.90 Å². The van der Waals surface area contributed by atoms with Gasteiger partial charge < -0.3 is 23.8 Å². The lowest BCUT2D eigenvalue weighted by molar-refractivity contribution is 0.00578. The Kier molecular flexibility index (Phi) is 2.17. The van der Waals surface area contributed by atoms with Crippen molar-refractivity contribution in [3.63, 3.8) is 0 Å². The topological polar surface area (TPSA) is 51.2 Å². The van der Waals surface area contributed by atoms with Gasteiger partial charge in [0.25, 0.3) is 0 Å². The summed E-state index contributed by atoms with van der Waals surface area (Å²) in [6, 6.07) is 2.95. The molecular weight excluding hydrogens is 331 g/mol. The number of esters is 1. The third kappa shape index (κ3) is 3.61. The van der Waals surface area contributed by atoms with Gasteiger partial charge in [0.2, 0.25) is 0 Å². The molecule has 0 saturated carbocycles. The van der Waals surface area contributed by atoms with E-state index < -0.39 is 80.4 Å². The van der Waals surface area contributed by atoms with Gasteiger partial charge in [-0.1, -0.05) is 0 Å². The van der Waals surface area contributed by atoms with Crippen LogP contribution in [-0.2, 0) is 14.0 Å². The minimum Gasteiger partial charge on any atom is -0.465 e. The van der Waals surface area contributed by atoms with Gasteiger partial charge in [-0.2, -0.15) is 0 Å². The van der Waals surface area contributed by atoms with Crippen LogP contribution in [0.4, 0.5) is 5.69 Å². The molecule has 2 aliphatic heterocycles. The zero-order chi connectivity index (χ0) is 31.3. The van der Waals surface area contributed by atoms with Crippen LogP contribution in [0.5, 0.6) is 0 Å². The Balaban J connectivity index is 2.31. The lowest BCUT2D eigenvalue weighted by atomic mass is 9.78. The molecule has 0 aromatic heterocycles. The molecule has 1 aromatic rings. The highest BCUT2D eigenvalue weighted by atomic mass is 16.7. The minimum absolute atomic E-state index is 0.0447. The van der Waals surface area contributed by atoms with Crippen molar-refractivity contribution in [3.8, 4) is 0 Å². The summed E-state index contributed by atoms with van der Waals surface area (Å²) < 4.78 is 129. The lowest BCUT2D eigenvalue weighted by Gasteiger charge is -2.34. The molecule has 3 rings (SSSR count). The van der Waals surface area contributed by atoms with E-state index in [-0.39, 0.29) is 10.4 Å². The van der Waals surface area contributed by atoms with Crippen LogP contribution in [0.1, 0.15) is 57.2 Å². The van der Waals surface area contributed by atoms with Crippen molar-refractivity contribution in [3.05, 3.63) is 23.8 Å². The Hall–Kier alpha value is -1.57. The second-order valence-corrected chi connectivity index (χ2v) is 6.91. The highest BCUT2D eigenvalue weighted by molar-refractivity contribution is 6.62. The van der Waals surface area contributed by atoms with Crippen LogP contribution < -0.4 is 10.4 Å². The smallest absolute Gasteiger partial charge is 0.465 e. The number of carbonyl (C=O) groups is 1. The summed E-state index contributed by atoms with van der Waals surface area (Å²) in [5.41, 5.74) is -3.09. The van der Waals surface area contributed by atoms with Gasteiger partial charge in [-0.15, -0.1) is 0 Å². The number of nitrogens with zero attached hydrogens (tertiary/aromatic N) is 2. The van der Waals surface area contributed by atoms with E-state index in [2.05, 4.69) is 4.74 Å². The standard InChI is InChI=1S/C19H29BN2O4/c1-18(2)19(3,4)26-20(25-18)15-11-14(17(23)24-6)12-16(13-15)22-9-7-21(5)8-10-22/h11-13H,7-10H2,1-6H3/i5D3,6D3,7D2,8D2,9D2,10D2. The molecule has 6 nitrogen and oxygen atoms in total. The first-order valence-electron chi connectivity index (χ1n) is 14.9. The normalized spacial score (nSPS) is 39.2. The number of carbonyl (C=O) groups excluding carboxylic acids is 1. The molecule has 2 fully saturated rings. The number of anilines is 1. The first kappa shape index (κ1) is 8.21. The maximum absolute atomic E-state index is 12.8. The first-order chi connectivity index (χ1) is 17.5. The Labute approximate surface area is 176 Å². The van der Waals surface area contributed by atoms with Crippen LogP contribution in [0, 0.1) is 0 Å². The molecule has 2 heterocycles. The third-order valence-corrected chi connectivity index (χ3v) is 4.60. The molecule has 0 N–H and O–H groups in total. The van der Waals surface area contributed by atoms with Crippen molar-refractivity contribution in [1.29, 1.82) is 0 Å². The van der Waals surface area contributed by atoms with Gasteiger partial charge in [0.15, 0.2) is 0 Å². The summed E-state index contributed by atoms with van der Waals surface area (Å²) >= 11 is 0. The van der Waals surface area contributed by atoms with E-state index in [0.29, 0.717) is 0 Å². The molecule has 26 heavy (non-hydrogen) atoms. The zero-order valence-electron chi connectivity index (χ0n) is 28.8. The van der Waals surface area contributed by atoms with E-state index in [1.165, 1.54) is 0 Å². The third-order valence-electron chi connectivity index (χ3n) is 4.60. The van der Waals surface area contributed by atoms with Gasteiger partial charge in [0.1, 0.15) is 0 Å². The SMILES string of the molecule is [2H]C([2H])([2H])OC(=O)c1cc(B2OC(C)(C)C(C)(C)O2)cc(N2C([2H])([2H])C([2H])([2H])N(C([2H])([2H])[2H])C([2H])([2H])C2([2H])[2H])c1. The molecule has 1 aromatic carbocycles. The van der Waals surface area contributed by atoms with Crippen molar-refractivity contribution >= 4 is 24.2 Å². The van der Waals surface area contributed by atoms with Crippen molar-refractivity contribution in [2.24, 2.45) is 0 Å². The van der Waals surface area contributed by atoms with E-state index >= 15 is 0 Å². The van der Waals surface area contributed by atoms with Crippen molar-refractivity contribution in [2.45, 2.75) is 38.9 Å². The Bertz CT molecular complexity index is 1140. The van der Waals surface area contributed by atoms with E-state index in [1.54, 1.807) is 27.7 Å². The lowest BCUT2D eigenvalue weighted by Crippen LogP contribution is -2.45. The number of methoxy groups -OCH3 is 1. The molecule has 0 radical (unpaired) electrons. The van der Waals surface area contributed by atoms with Crippen LogP contribution in [0.25, 0.3) is 0 Å².